The average molecular weight is 290 g/mol. The highest BCUT2D eigenvalue weighted by Gasteiger charge is 2.29. The molecule has 1 saturated heterocycles. The van der Waals surface area contributed by atoms with Crippen molar-refractivity contribution >= 4 is 27.5 Å². The molecular formula is C15H18N2O2S. The molecule has 0 spiro atoms. The van der Waals surface area contributed by atoms with Gasteiger partial charge in [0.2, 0.25) is 0 Å². The molecule has 106 valence electrons. The highest BCUT2D eigenvalue weighted by atomic mass is 32.1. The molecule has 0 amide bonds. The van der Waals surface area contributed by atoms with E-state index in [1.54, 1.807) is 11.3 Å². The Morgan fingerprint density at radius 3 is 3.10 bits per heavy atom. The lowest BCUT2D eigenvalue weighted by atomic mass is 10.1. The normalized spacial score (nSPS) is 21.4. The number of carboxylic acid groups (broad SMARTS) is 1. The molecule has 2 heterocycles. The molecule has 2 unspecified atom stereocenters. The van der Waals surface area contributed by atoms with Crippen molar-refractivity contribution in [2.24, 2.45) is 5.92 Å². The number of rotatable bonds is 4. The number of thiazole rings is 1. The van der Waals surface area contributed by atoms with Crippen molar-refractivity contribution in [2.75, 3.05) is 13.1 Å². The fourth-order valence-electron chi connectivity index (χ4n) is 2.85. The molecule has 0 aliphatic carbocycles. The Kier molecular flexibility index (Phi) is 3.72. The third kappa shape index (κ3) is 2.69. The summed E-state index contributed by atoms with van der Waals surface area (Å²) in [6.07, 6.45) is 1.25. The lowest BCUT2D eigenvalue weighted by molar-refractivity contribution is -0.138. The van der Waals surface area contributed by atoms with E-state index in [0.29, 0.717) is 0 Å². The van der Waals surface area contributed by atoms with E-state index in [1.165, 1.54) is 4.70 Å². The number of carboxylic acids is 1. The van der Waals surface area contributed by atoms with Gasteiger partial charge in [-0.25, -0.2) is 4.98 Å². The number of likely N-dealkylation sites (tertiary alicyclic amines) is 1. The summed E-state index contributed by atoms with van der Waals surface area (Å²) in [6, 6.07) is 8.45. The molecular weight excluding hydrogens is 272 g/mol. The number of hydrogen-bond acceptors (Lipinski definition) is 4. The number of aliphatic carboxylic acids is 1. The molecule has 1 aliphatic heterocycles. The third-order valence-corrected chi connectivity index (χ3v) is 5.20. The van der Waals surface area contributed by atoms with Gasteiger partial charge >= 0.3 is 5.97 Å². The molecule has 1 aliphatic rings. The highest BCUT2D eigenvalue weighted by molar-refractivity contribution is 7.18. The van der Waals surface area contributed by atoms with Crippen LogP contribution in [0.15, 0.2) is 24.3 Å². The highest BCUT2D eigenvalue weighted by Crippen LogP contribution is 2.33. The van der Waals surface area contributed by atoms with Crippen LogP contribution in [-0.4, -0.2) is 34.0 Å². The largest absolute Gasteiger partial charge is 0.481 e. The third-order valence-electron chi connectivity index (χ3n) is 4.00. The Morgan fingerprint density at radius 2 is 2.35 bits per heavy atom. The van der Waals surface area contributed by atoms with E-state index in [-0.39, 0.29) is 18.4 Å². The zero-order valence-electron chi connectivity index (χ0n) is 11.5. The minimum Gasteiger partial charge on any atom is -0.481 e. The quantitative estimate of drug-likeness (QED) is 0.939. The molecule has 1 N–H and O–H groups in total. The number of fused-ring (bicyclic) bond motifs is 1. The van der Waals surface area contributed by atoms with Crippen molar-refractivity contribution in [2.45, 2.75) is 25.8 Å². The van der Waals surface area contributed by atoms with Gasteiger partial charge in [0.25, 0.3) is 0 Å². The van der Waals surface area contributed by atoms with E-state index in [0.717, 1.165) is 30.0 Å². The SMILES string of the molecule is CC(c1nc2ccccc2s1)N1CCC(CC(=O)O)C1. The number of benzene rings is 1. The van der Waals surface area contributed by atoms with E-state index >= 15 is 0 Å². The number of para-hydroxylation sites is 1. The van der Waals surface area contributed by atoms with Gasteiger partial charge in [-0.3, -0.25) is 9.69 Å². The smallest absolute Gasteiger partial charge is 0.303 e. The molecule has 4 nitrogen and oxygen atoms in total. The van der Waals surface area contributed by atoms with Crippen LogP contribution in [0.2, 0.25) is 0 Å². The minimum atomic E-state index is -0.690. The van der Waals surface area contributed by atoms with Gasteiger partial charge in [-0.1, -0.05) is 12.1 Å². The summed E-state index contributed by atoms with van der Waals surface area (Å²) in [7, 11) is 0. The van der Waals surface area contributed by atoms with Crippen LogP contribution in [0.3, 0.4) is 0 Å². The van der Waals surface area contributed by atoms with Crippen molar-refractivity contribution < 1.29 is 9.90 Å². The number of nitrogens with zero attached hydrogens (tertiary/aromatic N) is 2. The molecule has 0 bridgehead atoms. The van der Waals surface area contributed by atoms with Crippen molar-refractivity contribution in [1.82, 2.24) is 9.88 Å². The van der Waals surface area contributed by atoms with Crippen molar-refractivity contribution in [1.29, 1.82) is 0 Å². The van der Waals surface area contributed by atoms with Gasteiger partial charge in [0, 0.05) is 13.0 Å². The van der Waals surface area contributed by atoms with Crippen molar-refractivity contribution in [3.05, 3.63) is 29.3 Å². The number of carbonyl (C=O) groups is 1. The minimum absolute atomic E-state index is 0.270. The summed E-state index contributed by atoms with van der Waals surface area (Å²) >= 11 is 1.74. The molecule has 1 aromatic carbocycles. The summed E-state index contributed by atoms with van der Waals surface area (Å²) in [5.41, 5.74) is 1.06. The maximum Gasteiger partial charge on any atom is 0.303 e. The van der Waals surface area contributed by atoms with Crippen LogP contribution in [0.1, 0.15) is 30.8 Å². The van der Waals surface area contributed by atoms with Crippen LogP contribution < -0.4 is 0 Å². The standard InChI is InChI=1S/C15H18N2O2S/c1-10(17-7-6-11(9-17)8-14(18)19)15-16-12-4-2-3-5-13(12)20-15/h2-5,10-11H,6-9H2,1H3,(H,18,19). The second-order valence-electron chi connectivity index (χ2n) is 5.44. The van der Waals surface area contributed by atoms with Gasteiger partial charge in [-0.2, -0.15) is 0 Å². The molecule has 2 aromatic rings. The fourth-order valence-corrected chi connectivity index (χ4v) is 3.91. The van der Waals surface area contributed by atoms with Crippen LogP contribution in [0.5, 0.6) is 0 Å². The average Bonchev–Trinajstić information content (AvgIpc) is 3.03. The zero-order valence-corrected chi connectivity index (χ0v) is 12.3. The summed E-state index contributed by atoms with van der Waals surface area (Å²) in [5.74, 6) is -0.409. The first kappa shape index (κ1) is 13.5. The Labute approximate surface area is 122 Å². The van der Waals surface area contributed by atoms with Gasteiger partial charge in [0.1, 0.15) is 5.01 Å². The van der Waals surface area contributed by atoms with Crippen LogP contribution >= 0.6 is 11.3 Å². The first-order valence-electron chi connectivity index (χ1n) is 6.95. The Balaban J connectivity index is 1.72. The molecule has 0 radical (unpaired) electrons. The van der Waals surface area contributed by atoms with Crippen LogP contribution in [0.25, 0.3) is 10.2 Å². The van der Waals surface area contributed by atoms with Crippen molar-refractivity contribution in [3.63, 3.8) is 0 Å². The van der Waals surface area contributed by atoms with Gasteiger partial charge in [-0.05, 0) is 37.9 Å². The number of hydrogen-bond donors (Lipinski definition) is 1. The van der Waals surface area contributed by atoms with E-state index in [1.807, 2.05) is 18.2 Å². The second kappa shape index (κ2) is 5.50. The zero-order chi connectivity index (χ0) is 14.1. The summed E-state index contributed by atoms with van der Waals surface area (Å²) in [4.78, 5) is 17.8. The summed E-state index contributed by atoms with van der Waals surface area (Å²) in [6.45, 7) is 4.00. The summed E-state index contributed by atoms with van der Waals surface area (Å²) in [5, 5.41) is 10.0. The van der Waals surface area contributed by atoms with Crippen LogP contribution in [-0.2, 0) is 4.79 Å². The van der Waals surface area contributed by atoms with Gasteiger partial charge in [0.15, 0.2) is 0 Å². The van der Waals surface area contributed by atoms with Gasteiger partial charge in [-0.15, -0.1) is 11.3 Å². The predicted molar refractivity (Wildman–Crippen MR) is 80.0 cm³/mol. The molecule has 0 saturated carbocycles. The topological polar surface area (TPSA) is 53.4 Å². The van der Waals surface area contributed by atoms with Crippen LogP contribution in [0.4, 0.5) is 0 Å². The van der Waals surface area contributed by atoms with Gasteiger partial charge < -0.3 is 5.11 Å². The lowest BCUT2D eigenvalue weighted by Gasteiger charge is -2.22. The monoisotopic (exact) mass is 290 g/mol. The van der Waals surface area contributed by atoms with E-state index in [2.05, 4.69) is 17.9 Å². The van der Waals surface area contributed by atoms with E-state index in [9.17, 15) is 4.79 Å². The fraction of sp³-hybridized carbons (Fsp3) is 0.467. The molecule has 5 heteroatoms. The van der Waals surface area contributed by atoms with Crippen molar-refractivity contribution in [3.8, 4) is 0 Å². The first-order valence-corrected chi connectivity index (χ1v) is 7.76. The first-order chi connectivity index (χ1) is 9.63. The number of aromatic nitrogens is 1. The molecule has 3 rings (SSSR count). The van der Waals surface area contributed by atoms with Crippen LogP contribution in [0, 0.1) is 5.92 Å². The van der Waals surface area contributed by atoms with E-state index in [4.69, 9.17) is 10.1 Å². The molecule has 1 aromatic heterocycles. The summed E-state index contributed by atoms with van der Waals surface area (Å²) < 4.78 is 1.22. The molecule has 1 fully saturated rings. The maximum atomic E-state index is 10.8. The Hall–Kier alpha value is -1.46. The predicted octanol–water partition coefficient (Wildman–Crippen LogP) is 3.15. The molecule has 2 atom stereocenters. The van der Waals surface area contributed by atoms with Gasteiger partial charge in [0.05, 0.1) is 16.3 Å². The van der Waals surface area contributed by atoms with E-state index < -0.39 is 5.97 Å². The lowest BCUT2D eigenvalue weighted by Crippen LogP contribution is -2.24. The Morgan fingerprint density at radius 1 is 1.55 bits per heavy atom. The maximum absolute atomic E-state index is 10.8. The second-order valence-corrected chi connectivity index (χ2v) is 6.51. The Bertz CT molecular complexity index is 592. The molecule has 20 heavy (non-hydrogen) atoms.